The number of halogens is 1. The molecule has 0 spiro atoms. The Morgan fingerprint density at radius 2 is 2.12 bits per heavy atom. The number of carbonyl (C=O) groups is 1. The Morgan fingerprint density at radius 1 is 1.38 bits per heavy atom. The molecule has 26 heavy (non-hydrogen) atoms. The Morgan fingerprint density at radius 3 is 2.77 bits per heavy atom. The summed E-state index contributed by atoms with van der Waals surface area (Å²) in [6.45, 7) is 1.67. The maximum atomic E-state index is 14.4. The van der Waals surface area contributed by atoms with Gasteiger partial charge in [-0.1, -0.05) is 0 Å². The van der Waals surface area contributed by atoms with Gasteiger partial charge in [-0.3, -0.25) is 4.79 Å². The topological polar surface area (TPSA) is 84.2 Å². The summed E-state index contributed by atoms with van der Waals surface area (Å²) in [5, 5.41) is 11.7. The second kappa shape index (κ2) is 7.70. The Balaban J connectivity index is 1.89. The van der Waals surface area contributed by atoms with E-state index in [-0.39, 0.29) is 22.3 Å². The van der Waals surface area contributed by atoms with Gasteiger partial charge in [0.2, 0.25) is 0 Å². The highest BCUT2D eigenvalue weighted by molar-refractivity contribution is 7.07. The Kier molecular flexibility index (Phi) is 5.38. The van der Waals surface area contributed by atoms with Crippen LogP contribution in [0.2, 0.25) is 0 Å². The molecule has 0 bridgehead atoms. The first-order valence-electron chi connectivity index (χ1n) is 8.25. The number of carbonyl (C=O) groups excluding carboxylic acids is 1. The summed E-state index contributed by atoms with van der Waals surface area (Å²) in [4.78, 5) is 12.8. The lowest BCUT2D eigenvalue weighted by Gasteiger charge is -2.17. The van der Waals surface area contributed by atoms with Crippen LogP contribution in [0, 0.1) is 24.1 Å². The number of nitrogens with zero attached hydrogens (tertiary/aromatic N) is 2. The van der Waals surface area contributed by atoms with Crippen molar-refractivity contribution < 1.29 is 18.7 Å². The van der Waals surface area contributed by atoms with Crippen LogP contribution in [0.15, 0.2) is 12.1 Å². The predicted molar refractivity (Wildman–Crippen MR) is 95.4 cm³/mol. The van der Waals surface area contributed by atoms with Crippen LogP contribution in [0.5, 0.6) is 11.5 Å². The highest BCUT2D eigenvalue weighted by Crippen LogP contribution is 2.34. The first-order valence-corrected chi connectivity index (χ1v) is 9.02. The predicted octanol–water partition coefficient (Wildman–Crippen LogP) is 4.04. The fourth-order valence-corrected chi connectivity index (χ4v) is 3.57. The standard InChI is InChI=1S/C18H18FN3O3S/c1-10-17(16(9-20)26-22-10)21-18(23)12-7-15(14(24-2)8-13(12)19)25-11-5-3-4-6-11/h7-8,11H,3-6H2,1-2H3,(H,21,23). The molecule has 1 amide bonds. The number of nitrogens with one attached hydrogen (secondary N) is 1. The van der Waals surface area contributed by atoms with E-state index in [1.54, 1.807) is 6.92 Å². The fourth-order valence-electron chi connectivity index (χ4n) is 2.92. The molecule has 1 aromatic carbocycles. The van der Waals surface area contributed by atoms with E-state index >= 15 is 0 Å². The van der Waals surface area contributed by atoms with Crippen molar-refractivity contribution in [2.45, 2.75) is 38.7 Å². The number of amides is 1. The number of hydrogen-bond donors (Lipinski definition) is 1. The van der Waals surface area contributed by atoms with Crippen molar-refractivity contribution >= 4 is 23.1 Å². The maximum Gasteiger partial charge on any atom is 0.258 e. The van der Waals surface area contributed by atoms with Gasteiger partial charge < -0.3 is 14.8 Å². The Hall–Kier alpha value is -2.66. The molecule has 1 fully saturated rings. The number of benzene rings is 1. The third-order valence-electron chi connectivity index (χ3n) is 4.30. The van der Waals surface area contributed by atoms with Crippen molar-refractivity contribution in [1.82, 2.24) is 4.37 Å². The molecule has 1 N–H and O–H groups in total. The summed E-state index contributed by atoms with van der Waals surface area (Å²) in [5.74, 6) is -0.803. The van der Waals surface area contributed by atoms with Crippen molar-refractivity contribution in [2.75, 3.05) is 12.4 Å². The smallest absolute Gasteiger partial charge is 0.258 e. The zero-order valence-electron chi connectivity index (χ0n) is 14.5. The SMILES string of the molecule is COc1cc(F)c(C(=O)Nc2c(C)nsc2C#N)cc1OC1CCCC1. The van der Waals surface area contributed by atoms with E-state index in [9.17, 15) is 9.18 Å². The number of ether oxygens (including phenoxy) is 2. The van der Waals surface area contributed by atoms with Crippen molar-refractivity contribution in [3.63, 3.8) is 0 Å². The molecule has 0 aliphatic heterocycles. The van der Waals surface area contributed by atoms with Crippen LogP contribution in [-0.2, 0) is 0 Å². The second-order valence-electron chi connectivity index (χ2n) is 6.05. The molecule has 0 saturated heterocycles. The van der Waals surface area contributed by atoms with Gasteiger partial charge in [-0.15, -0.1) is 0 Å². The molecule has 3 rings (SSSR count). The van der Waals surface area contributed by atoms with Gasteiger partial charge in [0.15, 0.2) is 11.5 Å². The zero-order chi connectivity index (χ0) is 18.7. The van der Waals surface area contributed by atoms with Gasteiger partial charge in [-0.2, -0.15) is 9.64 Å². The lowest BCUT2D eigenvalue weighted by molar-refractivity contribution is 0.102. The normalized spacial score (nSPS) is 14.1. The van der Waals surface area contributed by atoms with E-state index in [0.717, 1.165) is 43.3 Å². The minimum absolute atomic E-state index is 0.0405. The highest BCUT2D eigenvalue weighted by Gasteiger charge is 2.23. The first-order chi connectivity index (χ1) is 12.5. The average molecular weight is 375 g/mol. The third-order valence-corrected chi connectivity index (χ3v) is 5.14. The van der Waals surface area contributed by atoms with E-state index in [0.29, 0.717) is 17.1 Å². The Labute approximate surface area is 154 Å². The Bertz CT molecular complexity index is 869. The molecule has 1 aromatic heterocycles. The zero-order valence-corrected chi connectivity index (χ0v) is 15.3. The van der Waals surface area contributed by atoms with Crippen LogP contribution in [0.1, 0.15) is 46.6 Å². The summed E-state index contributed by atoms with van der Waals surface area (Å²) in [7, 11) is 1.43. The average Bonchev–Trinajstić information content (AvgIpc) is 3.26. The maximum absolute atomic E-state index is 14.4. The van der Waals surface area contributed by atoms with Crippen LogP contribution < -0.4 is 14.8 Å². The monoisotopic (exact) mass is 375 g/mol. The van der Waals surface area contributed by atoms with Gasteiger partial charge in [0, 0.05) is 6.07 Å². The molecule has 0 atom stereocenters. The van der Waals surface area contributed by atoms with E-state index in [1.807, 2.05) is 6.07 Å². The van der Waals surface area contributed by atoms with Gasteiger partial charge in [0.1, 0.15) is 16.8 Å². The molecule has 8 heteroatoms. The van der Waals surface area contributed by atoms with E-state index in [2.05, 4.69) is 9.69 Å². The largest absolute Gasteiger partial charge is 0.493 e. The number of aryl methyl sites for hydroxylation is 1. The van der Waals surface area contributed by atoms with Crippen LogP contribution in [-0.4, -0.2) is 23.5 Å². The highest BCUT2D eigenvalue weighted by atomic mass is 32.1. The molecule has 6 nitrogen and oxygen atoms in total. The van der Waals surface area contributed by atoms with Crippen LogP contribution >= 0.6 is 11.5 Å². The van der Waals surface area contributed by atoms with Gasteiger partial charge in [-0.05, 0) is 50.2 Å². The van der Waals surface area contributed by atoms with Crippen molar-refractivity contribution in [1.29, 1.82) is 5.26 Å². The summed E-state index contributed by atoms with van der Waals surface area (Å²) in [6, 6.07) is 4.46. The number of nitriles is 1. The summed E-state index contributed by atoms with van der Waals surface area (Å²) < 4.78 is 29.6. The van der Waals surface area contributed by atoms with Crippen LogP contribution in [0.25, 0.3) is 0 Å². The minimum Gasteiger partial charge on any atom is -0.493 e. The van der Waals surface area contributed by atoms with E-state index in [4.69, 9.17) is 14.7 Å². The fraction of sp³-hybridized carbons (Fsp3) is 0.389. The first kappa shape index (κ1) is 18.1. The number of rotatable bonds is 5. The number of hydrogen-bond acceptors (Lipinski definition) is 6. The van der Waals surface area contributed by atoms with Crippen LogP contribution in [0.4, 0.5) is 10.1 Å². The van der Waals surface area contributed by atoms with Crippen molar-refractivity contribution in [3.05, 3.63) is 34.1 Å². The third kappa shape index (κ3) is 3.63. The van der Waals surface area contributed by atoms with E-state index < -0.39 is 11.7 Å². The summed E-state index contributed by atoms with van der Waals surface area (Å²) >= 11 is 0.984. The second-order valence-corrected chi connectivity index (χ2v) is 6.82. The summed E-state index contributed by atoms with van der Waals surface area (Å²) in [6.07, 6.45) is 4.06. The molecule has 1 aliphatic carbocycles. The van der Waals surface area contributed by atoms with Crippen LogP contribution in [0.3, 0.4) is 0 Å². The van der Waals surface area contributed by atoms with Crippen molar-refractivity contribution in [2.24, 2.45) is 0 Å². The van der Waals surface area contributed by atoms with Gasteiger partial charge in [0.05, 0.1) is 30.2 Å². The molecule has 2 aromatic rings. The van der Waals surface area contributed by atoms with Gasteiger partial charge >= 0.3 is 0 Å². The molecule has 1 aliphatic rings. The molecule has 0 radical (unpaired) electrons. The van der Waals surface area contributed by atoms with E-state index in [1.165, 1.54) is 13.2 Å². The minimum atomic E-state index is -0.725. The number of anilines is 1. The molecular formula is C18H18FN3O3S. The van der Waals surface area contributed by atoms with Gasteiger partial charge in [-0.25, -0.2) is 4.39 Å². The van der Waals surface area contributed by atoms with Gasteiger partial charge in [0.25, 0.3) is 5.91 Å². The molecule has 0 unspecified atom stereocenters. The lowest BCUT2D eigenvalue weighted by Crippen LogP contribution is -2.17. The molecule has 136 valence electrons. The summed E-state index contributed by atoms with van der Waals surface area (Å²) in [5.41, 5.74) is 0.639. The molecule has 1 heterocycles. The molecular weight excluding hydrogens is 357 g/mol. The molecule has 1 saturated carbocycles. The number of methoxy groups -OCH3 is 1. The quantitative estimate of drug-likeness (QED) is 0.852. The lowest BCUT2D eigenvalue weighted by atomic mass is 10.1. The van der Waals surface area contributed by atoms with Crippen molar-refractivity contribution in [3.8, 4) is 17.6 Å². The number of aromatic nitrogens is 1.